The van der Waals surface area contributed by atoms with Crippen LogP contribution in [0.25, 0.3) is 0 Å². The highest BCUT2D eigenvalue weighted by atomic mass is 16.7. The molecule has 0 aromatic carbocycles. The molecule has 2 aliphatic heterocycles. The van der Waals surface area contributed by atoms with Crippen molar-refractivity contribution in [2.75, 3.05) is 6.61 Å². The van der Waals surface area contributed by atoms with Crippen LogP contribution < -0.4 is 5.73 Å². The number of carbonyl (C=O) groups is 4. The van der Waals surface area contributed by atoms with Gasteiger partial charge in [-0.2, -0.15) is 0 Å². The topological polar surface area (TPSA) is 210 Å². The lowest BCUT2D eigenvalue weighted by molar-refractivity contribution is -0.280. The third kappa shape index (κ3) is 12.5. The van der Waals surface area contributed by atoms with Gasteiger partial charge in [0.15, 0.2) is 18.7 Å². The van der Waals surface area contributed by atoms with Gasteiger partial charge in [0.25, 0.3) is 0 Å². The lowest BCUT2D eigenvalue weighted by Gasteiger charge is -2.40. The van der Waals surface area contributed by atoms with Crippen molar-refractivity contribution in [2.24, 2.45) is 11.7 Å². The molecule has 10 atom stereocenters. The molecule has 0 bridgehead atoms. The van der Waals surface area contributed by atoms with E-state index in [9.17, 15) is 29.4 Å². The molecular weight excluding hydrogens is 558 g/mol. The quantitative estimate of drug-likeness (QED) is 0.136. The molecule has 0 aliphatic carbocycles. The molecule has 0 radical (unpaired) electrons. The molecule has 0 aromatic heterocycles. The van der Waals surface area contributed by atoms with Gasteiger partial charge < -0.3 is 49.5 Å². The second-order valence-electron chi connectivity index (χ2n) is 11.1. The van der Waals surface area contributed by atoms with Gasteiger partial charge >= 0.3 is 17.9 Å². The summed E-state index contributed by atoms with van der Waals surface area (Å²) in [5, 5.41) is 28.7. The van der Waals surface area contributed by atoms with Gasteiger partial charge in [0.2, 0.25) is 5.91 Å². The van der Waals surface area contributed by atoms with Gasteiger partial charge in [-0.15, -0.1) is 0 Å². The fourth-order valence-corrected chi connectivity index (χ4v) is 4.54. The van der Waals surface area contributed by atoms with E-state index in [0.717, 1.165) is 0 Å². The highest BCUT2D eigenvalue weighted by Gasteiger charge is 2.42. The molecule has 2 rings (SSSR count). The summed E-state index contributed by atoms with van der Waals surface area (Å²) in [6.07, 6.45) is -5.23. The third-order valence-corrected chi connectivity index (χ3v) is 7.29. The Hall–Kier alpha value is -2.36. The minimum Gasteiger partial charge on any atom is -0.481 e. The molecule has 42 heavy (non-hydrogen) atoms. The number of aliphatic carboxylic acids is 1. The van der Waals surface area contributed by atoms with E-state index in [4.69, 9.17) is 39.3 Å². The first-order valence-electron chi connectivity index (χ1n) is 14.6. The molecule has 2 heterocycles. The Morgan fingerprint density at radius 2 is 1.55 bits per heavy atom. The standard InChI is InChI=1S/C28H47NO13/c1-15(8-10-23(29)32)26(36)42-21-14-22(28(40-18(21)4)38-16(2)9-11-24(33)34)41-25(35)7-5-6-12-37-27-20(31)13-19(30)17(3)39-27/h15-22,27-28,30-31H,5-14H2,1-4H3,(H2,29,32)(H,33,34)/t15-,16-,17?,18?,19-,20?,21-,22?,27-,28-/m1/s1. The first-order valence-corrected chi connectivity index (χ1v) is 14.6. The van der Waals surface area contributed by atoms with Crippen LogP contribution in [0.2, 0.25) is 0 Å². The molecule has 5 N–H and O–H groups in total. The van der Waals surface area contributed by atoms with E-state index in [1.165, 1.54) is 0 Å². The van der Waals surface area contributed by atoms with Crippen LogP contribution in [-0.2, 0) is 47.6 Å². The predicted molar refractivity (Wildman–Crippen MR) is 144 cm³/mol. The average Bonchev–Trinajstić information content (AvgIpc) is 2.91. The summed E-state index contributed by atoms with van der Waals surface area (Å²) in [7, 11) is 0. The van der Waals surface area contributed by atoms with Gasteiger partial charge in [0, 0.05) is 38.7 Å². The van der Waals surface area contributed by atoms with Gasteiger partial charge in [-0.3, -0.25) is 19.2 Å². The molecule has 2 aliphatic rings. The van der Waals surface area contributed by atoms with Crippen LogP contribution in [0, 0.1) is 5.92 Å². The van der Waals surface area contributed by atoms with Crippen LogP contribution in [-0.4, -0.2) is 101 Å². The zero-order valence-corrected chi connectivity index (χ0v) is 24.8. The zero-order chi connectivity index (χ0) is 31.4. The smallest absolute Gasteiger partial charge is 0.309 e. The third-order valence-electron chi connectivity index (χ3n) is 7.29. The molecule has 0 saturated carbocycles. The van der Waals surface area contributed by atoms with Crippen molar-refractivity contribution < 1.29 is 62.9 Å². The van der Waals surface area contributed by atoms with Crippen molar-refractivity contribution in [1.82, 2.24) is 0 Å². The Kier molecular flexibility index (Phi) is 15.1. The van der Waals surface area contributed by atoms with Crippen molar-refractivity contribution >= 4 is 23.8 Å². The molecule has 2 fully saturated rings. The van der Waals surface area contributed by atoms with Crippen molar-refractivity contribution in [3.05, 3.63) is 0 Å². The van der Waals surface area contributed by atoms with E-state index in [0.29, 0.717) is 12.8 Å². The van der Waals surface area contributed by atoms with Crippen molar-refractivity contribution in [3.8, 4) is 0 Å². The summed E-state index contributed by atoms with van der Waals surface area (Å²) >= 11 is 0. The highest BCUT2D eigenvalue weighted by molar-refractivity contribution is 5.76. The summed E-state index contributed by atoms with van der Waals surface area (Å²) in [5.74, 6) is -3.13. The Bertz CT molecular complexity index is 886. The van der Waals surface area contributed by atoms with Gasteiger partial charge in [0.1, 0.15) is 12.2 Å². The molecule has 1 amide bonds. The Morgan fingerprint density at radius 3 is 2.21 bits per heavy atom. The van der Waals surface area contributed by atoms with Gasteiger partial charge in [-0.25, -0.2) is 0 Å². The SMILES string of the molecule is CC1O[C@@H](OCCCCC(=O)OC2C[C@@H](OC(=O)[C@H](C)CCC(N)=O)C(C)O[C@H]2O[C@H](C)CCC(=O)O)C(O)C[C@H]1O. The largest absolute Gasteiger partial charge is 0.481 e. The Labute approximate surface area is 246 Å². The lowest BCUT2D eigenvalue weighted by Crippen LogP contribution is -2.51. The van der Waals surface area contributed by atoms with Crippen molar-refractivity contribution in [1.29, 1.82) is 0 Å². The number of aliphatic hydroxyl groups excluding tert-OH is 2. The number of carbonyl (C=O) groups excluding carboxylic acids is 3. The number of amides is 1. The fourth-order valence-electron chi connectivity index (χ4n) is 4.54. The molecule has 4 unspecified atom stereocenters. The van der Waals surface area contributed by atoms with E-state index < -0.39 is 85.0 Å². The number of ether oxygens (including phenoxy) is 6. The molecule has 2 saturated heterocycles. The summed E-state index contributed by atoms with van der Waals surface area (Å²) in [6, 6.07) is 0. The highest BCUT2D eigenvalue weighted by Crippen LogP contribution is 2.29. The predicted octanol–water partition coefficient (Wildman–Crippen LogP) is 1.16. The van der Waals surface area contributed by atoms with Crippen LogP contribution in [0.15, 0.2) is 0 Å². The van der Waals surface area contributed by atoms with Crippen molar-refractivity contribution in [2.45, 2.75) is 141 Å². The van der Waals surface area contributed by atoms with Crippen LogP contribution in [0.1, 0.15) is 85.5 Å². The van der Waals surface area contributed by atoms with E-state index in [-0.39, 0.29) is 51.6 Å². The van der Waals surface area contributed by atoms with Gasteiger partial charge in [0.05, 0.1) is 30.3 Å². The van der Waals surface area contributed by atoms with Crippen LogP contribution in [0.4, 0.5) is 0 Å². The minimum atomic E-state index is -0.999. The second-order valence-corrected chi connectivity index (χ2v) is 11.1. The molecule has 242 valence electrons. The average molecular weight is 606 g/mol. The molecular formula is C28H47NO13. The van der Waals surface area contributed by atoms with E-state index in [2.05, 4.69) is 0 Å². The summed E-state index contributed by atoms with van der Waals surface area (Å²) in [4.78, 5) is 47.3. The maximum atomic E-state index is 12.7. The molecule has 14 heteroatoms. The summed E-state index contributed by atoms with van der Waals surface area (Å²) in [6.45, 7) is 6.93. The first-order chi connectivity index (χ1) is 19.8. The number of rotatable bonds is 17. The normalized spacial score (nSPS) is 31.1. The van der Waals surface area contributed by atoms with Crippen LogP contribution >= 0.6 is 0 Å². The van der Waals surface area contributed by atoms with Crippen LogP contribution in [0.5, 0.6) is 0 Å². The second kappa shape index (κ2) is 17.7. The monoisotopic (exact) mass is 605 g/mol. The fraction of sp³-hybridized carbons (Fsp3) is 0.857. The number of primary amides is 1. The Balaban J connectivity index is 1.90. The van der Waals surface area contributed by atoms with Crippen LogP contribution in [0.3, 0.4) is 0 Å². The lowest BCUT2D eigenvalue weighted by atomic mass is 10.0. The maximum absolute atomic E-state index is 12.7. The molecule has 0 spiro atoms. The number of hydrogen-bond acceptors (Lipinski definition) is 12. The molecule has 0 aromatic rings. The number of carboxylic acid groups (broad SMARTS) is 1. The number of unbranched alkanes of at least 4 members (excludes halogenated alkanes) is 1. The van der Waals surface area contributed by atoms with Crippen molar-refractivity contribution in [3.63, 3.8) is 0 Å². The number of nitrogens with two attached hydrogens (primary N) is 1. The number of aliphatic hydroxyl groups is 2. The maximum Gasteiger partial charge on any atom is 0.309 e. The molecule has 14 nitrogen and oxygen atoms in total. The number of esters is 2. The van der Waals surface area contributed by atoms with E-state index in [1.54, 1.807) is 27.7 Å². The van der Waals surface area contributed by atoms with E-state index >= 15 is 0 Å². The minimum absolute atomic E-state index is 0.0406. The zero-order valence-electron chi connectivity index (χ0n) is 24.8. The summed E-state index contributed by atoms with van der Waals surface area (Å²) < 4.78 is 34.2. The Morgan fingerprint density at radius 1 is 0.857 bits per heavy atom. The first kappa shape index (κ1) is 35.8. The number of hydrogen-bond donors (Lipinski definition) is 4. The van der Waals surface area contributed by atoms with Gasteiger partial charge in [-0.05, 0) is 46.5 Å². The van der Waals surface area contributed by atoms with Gasteiger partial charge in [-0.1, -0.05) is 6.92 Å². The number of carboxylic acids is 1. The summed E-state index contributed by atoms with van der Waals surface area (Å²) in [5.41, 5.74) is 5.17. The van der Waals surface area contributed by atoms with E-state index in [1.807, 2.05) is 0 Å².